The number of benzene rings is 2. The van der Waals surface area contributed by atoms with Crippen molar-refractivity contribution in [2.45, 2.75) is 69.4 Å². The molecule has 42 heavy (non-hydrogen) atoms. The number of hydrogen-bond acceptors (Lipinski definition) is 13. The monoisotopic (exact) mass is 585 g/mol. The molecule has 6 N–H and O–H groups in total. The molecular weight excluding hydrogens is 554 g/mol. The number of phenolic OH excluding ortho intramolecular Hbond substituents is 2. The van der Waals surface area contributed by atoms with E-state index in [9.17, 15) is 39.6 Å². The number of aliphatic hydroxyl groups is 2. The fourth-order valence-corrected chi connectivity index (χ4v) is 5.90. The third-order valence-electron chi connectivity index (χ3n) is 8.07. The van der Waals surface area contributed by atoms with Crippen LogP contribution in [0, 0.1) is 0 Å². The number of hydrogen-bond donors (Lipinski definition) is 5. The number of phenols is 2. The van der Waals surface area contributed by atoms with Gasteiger partial charge < -0.3 is 45.1 Å². The van der Waals surface area contributed by atoms with E-state index in [1.165, 1.54) is 25.3 Å². The van der Waals surface area contributed by atoms with Gasteiger partial charge in [0.05, 0.1) is 42.1 Å². The molecule has 2 aliphatic carbocycles. The van der Waals surface area contributed by atoms with Gasteiger partial charge in [0.25, 0.3) is 0 Å². The molecule has 0 bridgehead atoms. The van der Waals surface area contributed by atoms with E-state index in [0.29, 0.717) is 0 Å². The number of ether oxygens (including phenoxy) is 4. The third kappa shape index (κ3) is 4.72. The van der Waals surface area contributed by atoms with Crippen molar-refractivity contribution in [3.05, 3.63) is 51.6 Å². The lowest BCUT2D eigenvalue weighted by molar-refractivity contribution is -0.247. The first kappa shape index (κ1) is 29.6. The zero-order valence-electron chi connectivity index (χ0n) is 23.1. The van der Waals surface area contributed by atoms with E-state index in [2.05, 4.69) is 0 Å². The summed E-state index contributed by atoms with van der Waals surface area (Å²) < 4.78 is 21.9. The highest BCUT2D eigenvalue weighted by atomic mass is 16.7. The molecule has 0 saturated carbocycles. The Labute approximate surface area is 239 Å². The largest absolute Gasteiger partial charge is 0.507 e. The number of ketones is 3. The number of nitrogens with two attached hydrogens (primary N) is 1. The van der Waals surface area contributed by atoms with Crippen LogP contribution in [0.15, 0.2) is 18.2 Å². The fraction of sp³-hybridized carbons (Fsp3) is 0.448. The van der Waals surface area contributed by atoms with Crippen molar-refractivity contribution in [2.24, 2.45) is 5.73 Å². The molecule has 3 aliphatic rings. The van der Waals surface area contributed by atoms with Crippen LogP contribution in [0.3, 0.4) is 0 Å². The SMILES string of the molecule is COc1cccc2c1C(=O)c1c(O)c3c(c(O)c1C2=O)C[C@@](O)(C(=O)COC(C)=O)C[C@H]3O[C@H]1C[C@@H](N)[C@@H](O)[C@H](C)O1. The molecule has 1 heterocycles. The Hall–Kier alpha value is -3.88. The Balaban J connectivity index is 1.66. The number of carbonyl (C=O) groups is 4. The Morgan fingerprint density at radius 1 is 1.12 bits per heavy atom. The highest BCUT2D eigenvalue weighted by Gasteiger charge is 2.50. The van der Waals surface area contributed by atoms with Gasteiger partial charge in [0.1, 0.15) is 22.8 Å². The summed E-state index contributed by atoms with van der Waals surface area (Å²) in [6.07, 6.45) is -5.30. The number of fused-ring (bicyclic) bond motifs is 3. The molecule has 2 aromatic rings. The van der Waals surface area contributed by atoms with Crippen LogP contribution in [0.25, 0.3) is 0 Å². The van der Waals surface area contributed by atoms with Crippen LogP contribution >= 0.6 is 0 Å². The summed E-state index contributed by atoms with van der Waals surface area (Å²) in [5.41, 5.74) is 2.26. The second-order valence-electron chi connectivity index (χ2n) is 10.8. The molecule has 13 heteroatoms. The predicted molar refractivity (Wildman–Crippen MR) is 141 cm³/mol. The van der Waals surface area contributed by atoms with Crippen LogP contribution in [0.1, 0.15) is 75.8 Å². The van der Waals surface area contributed by atoms with Crippen LogP contribution in [0.4, 0.5) is 0 Å². The standard InChI is InChI=1S/C29H31NO12/c1-11-24(33)15(30)7-19(41-11)42-17-9-29(38,18(32)10-40-12(2)31)8-14-21(17)28(37)23-22(26(14)35)25(34)13-5-4-6-16(39-3)20(13)27(23)36/h4-6,11,15,17,19,24,33,35,37-38H,7-10,30H2,1-3H3/t11-,15+,17+,19-,24-,29-/m0/s1. The van der Waals surface area contributed by atoms with Crippen LogP contribution < -0.4 is 10.5 Å². The Bertz CT molecular complexity index is 1490. The summed E-state index contributed by atoms with van der Waals surface area (Å²) in [5, 5.41) is 44.7. The van der Waals surface area contributed by atoms with Crippen molar-refractivity contribution in [1.82, 2.24) is 0 Å². The van der Waals surface area contributed by atoms with Gasteiger partial charge in [-0.3, -0.25) is 19.2 Å². The number of esters is 1. The molecule has 6 atom stereocenters. The first-order valence-corrected chi connectivity index (χ1v) is 13.3. The molecule has 2 aromatic carbocycles. The second kappa shape index (κ2) is 10.7. The van der Waals surface area contributed by atoms with Gasteiger partial charge in [-0.1, -0.05) is 12.1 Å². The van der Waals surface area contributed by atoms with Gasteiger partial charge in [0, 0.05) is 48.9 Å². The molecule has 0 spiro atoms. The first-order valence-electron chi connectivity index (χ1n) is 13.3. The van der Waals surface area contributed by atoms with E-state index in [-0.39, 0.29) is 34.4 Å². The highest BCUT2D eigenvalue weighted by Crippen LogP contribution is 2.52. The van der Waals surface area contributed by atoms with Crippen LogP contribution in [0.2, 0.25) is 0 Å². The topological polar surface area (TPSA) is 212 Å². The van der Waals surface area contributed by atoms with E-state index < -0.39 is 102 Å². The van der Waals surface area contributed by atoms with E-state index in [1.54, 1.807) is 6.92 Å². The minimum Gasteiger partial charge on any atom is -0.507 e. The summed E-state index contributed by atoms with van der Waals surface area (Å²) in [6, 6.07) is 3.59. The maximum atomic E-state index is 13.7. The van der Waals surface area contributed by atoms with Crippen molar-refractivity contribution in [3.8, 4) is 17.2 Å². The van der Waals surface area contributed by atoms with Crippen molar-refractivity contribution in [3.63, 3.8) is 0 Å². The van der Waals surface area contributed by atoms with Gasteiger partial charge in [0.2, 0.25) is 11.6 Å². The van der Waals surface area contributed by atoms with Crippen molar-refractivity contribution in [1.29, 1.82) is 0 Å². The van der Waals surface area contributed by atoms with Crippen LogP contribution in [-0.2, 0) is 30.2 Å². The highest BCUT2D eigenvalue weighted by molar-refractivity contribution is 6.31. The molecule has 1 fully saturated rings. The lowest BCUT2D eigenvalue weighted by Gasteiger charge is -2.42. The molecule has 5 rings (SSSR count). The number of aromatic hydroxyl groups is 2. The van der Waals surface area contributed by atoms with Crippen LogP contribution in [-0.4, -0.2) is 87.6 Å². The molecule has 1 saturated heterocycles. The number of rotatable bonds is 6. The Morgan fingerprint density at radius 3 is 2.45 bits per heavy atom. The van der Waals surface area contributed by atoms with Gasteiger partial charge in [-0.2, -0.15) is 0 Å². The smallest absolute Gasteiger partial charge is 0.303 e. The molecule has 224 valence electrons. The molecule has 0 unspecified atom stereocenters. The maximum Gasteiger partial charge on any atom is 0.303 e. The van der Waals surface area contributed by atoms with Gasteiger partial charge in [-0.05, 0) is 13.0 Å². The third-order valence-corrected chi connectivity index (χ3v) is 8.07. The van der Waals surface area contributed by atoms with Crippen LogP contribution in [0.5, 0.6) is 17.2 Å². The van der Waals surface area contributed by atoms with E-state index in [1.807, 2.05) is 0 Å². The summed E-state index contributed by atoms with van der Waals surface area (Å²) >= 11 is 0. The molecule has 1 aliphatic heterocycles. The predicted octanol–water partition coefficient (Wildman–Crippen LogP) is 0.572. The van der Waals surface area contributed by atoms with Crippen molar-refractivity contribution in [2.75, 3.05) is 13.7 Å². The van der Waals surface area contributed by atoms with Gasteiger partial charge in [-0.15, -0.1) is 0 Å². The van der Waals surface area contributed by atoms with Crippen molar-refractivity contribution >= 4 is 23.3 Å². The molecule has 0 aromatic heterocycles. The number of Topliss-reactive ketones (excluding diaryl/α,β-unsaturated/α-hetero) is 1. The first-order chi connectivity index (χ1) is 19.8. The molecule has 13 nitrogen and oxygen atoms in total. The lowest BCUT2D eigenvalue weighted by atomic mass is 9.72. The normalized spacial score (nSPS) is 28.4. The van der Waals surface area contributed by atoms with E-state index in [0.717, 1.165) is 6.92 Å². The zero-order chi connectivity index (χ0) is 30.7. The van der Waals surface area contributed by atoms with Gasteiger partial charge in [-0.25, -0.2) is 0 Å². The van der Waals surface area contributed by atoms with Gasteiger partial charge >= 0.3 is 5.97 Å². The Morgan fingerprint density at radius 2 is 1.81 bits per heavy atom. The fourth-order valence-electron chi connectivity index (χ4n) is 5.90. The molecular formula is C29H31NO12. The van der Waals surface area contributed by atoms with Gasteiger partial charge in [0.15, 0.2) is 18.7 Å². The van der Waals surface area contributed by atoms with Crippen molar-refractivity contribution < 1.29 is 58.6 Å². The summed E-state index contributed by atoms with van der Waals surface area (Å²) in [7, 11) is 1.32. The number of aliphatic hydroxyl groups excluding tert-OH is 1. The summed E-state index contributed by atoms with van der Waals surface area (Å²) in [5.74, 6) is -4.57. The average Bonchev–Trinajstić information content (AvgIpc) is 2.94. The number of carbonyl (C=O) groups excluding carboxylic acids is 4. The minimum absolute atomic E-state index is 0.00314. The van der Waals surface area contributed by atoms with E-state index in [4.69, 9.17) is 24.7 Å². The summed E-state index contributed by atoms with van der Waals surface area (Å²) in [6.45, 7) is 1.87. The lowest BCUT2D eigenvalue weighted by Crippen LogP contribution is -2.53. The number of methoxy groups -OCH3 is 1. The maximum absolute atomic E-state index is 13.7. The molecule has 0 amide bonds. The summed E-state index contributed by atoms with van der Waals surface area (Å²) in [4.78, 5) is 51.8. The second-order valence-corrected chi connectivity index (χ2v) is 10.8. The minimum atomic E-state index is -2.28. The zero-order valence-corrected chi connectivity index (χ0v) is 23.1. The quantitative estimate of drug-likeness (QED) is 0.198. The molecule has 0 radical (unpaired) electrons. The average molecular weight is 586 g/mol. The van der Waals surface area contributed by atoms with E-state index >= 15 is 0 Å². The Kier molecular flexibility index (Phi) is 7.58.